The Morgan fingerprint density at radius 3 is 2.53 bits per heavy atom. The molecule has 1 aromatic rings. The fraction of sp³-hybridized carbons (Fsp3) is 0.0909. The highest BCUT2D eigenvalue weighted by Gasteiger charge is 2.19. The van der Waals surface area contributed by atoms with Crippen molar-refractivity contribution in [3.63, 3.8) is 0 Å². The quantitative estimate of drug-likeness (QED) is 0.540. The topological polar surface area (TPSA) is 38.7 Å². The molecule has 4 heteroatoms. The van der Waals surface area contributed by atoms with Crippen LogP contribution in [0.15, 0.2) is 35.0 Å². The van der Waals surface area contributed by atoms with Crippen molar-refractivity contribution in [2.75, 3.05) is 0 Å². The number of aliphatic imine (C=N–C) groups is 1. The number of hydrogen-bond donors (Lipinski definition) is 0. The zero-order valence-electron chi connectivity index (χ0n) is 8.03. The van der Waals surface area contributed by atoms with E-state index in [1.54, 1.807) is 25.1 Å². The molecule has 0 aliphatic carbocycles. The first-order valence-corrected chi connectivity index (χ1v) is 4.78. The third-order valence-electron chi connectivity index (χ3n) is 1.90. The summed E-state index contributed by atoms with van der Waals surface area (Å²) in [4.78, 5) is 15.2. The molecule has 0 saturated carbocycles. The van der Waals surface area contributed by atoms with Crippen LogP contribution >= 0.6 is 11.6 Å². The first-order valence-electron chi connectivity index (χ1n) is 4.40. The number of benzene rings is 1. The maximum atomic E-state index is 11.2. The Kier molecular flexibility index (Phi) is 2.56. The van der Waals surface area contributed by atoms with Crippen molar-refractivity contribution < 1.29 is 9.53 Å². The van der Waals surface area contributed by atoms with E-state index in [2.05, 4.69) is 4.99 Å². The minimum absolute atomic E-state index is 0.315. The van der Waals surface area contributed by atoms with Gasteiger partial charge in [0.15, 0.2) is 11.6 Å². The minimum atomic E-state index is -0.414. The SMILES string of the molecule is CC1=N/C(=C/c2ccc(Cl)cc2)C(=O)O1. The second kappa shape index (κ2) is 3.87. The molecule has 2 rings (SSSR count). The molecule has 0 saturated heterocycles. The number of esters is 1. The molecule has 0 unspecified atom stereocenters. The molecular formula is C11H8ClNO2. The highest BCUT2D eigenvalue weighted by Crippen LogP contribution is 2.16. The van der Waals surface area contributed by atoms with Crippen LogP contribution in [0.1, 0.15) is 12.5 Å². The number of halogens is 1. The summed E-state index contributed by atoms with van der Waals surface area (Å²) in [5.41, 5.74) is 1.18. The Bertz CT molecular complexity index is 460. The average Bonchev–Trinajstić information content (AvgIpc) is 2.49. The van der Waals surface area contributed by atoms with Crippen molar-refractivity contribution in [2.45, 2.75) is 6.92 Å². The van der Waals surface area contributed by atoms with Gasteiger partial charge in [0, 0.05) is 11.9 Å². The van der Waals surface area contributed by atoms with Crippen LogP contribution < -0.4 is 0 Å². The smallest absolute Gasteiger partial charge is 0.363 e. The van der Waals surface area contributed by atoms with E-state index < -0.39 is 5.97 Å². The first kappa shape index (κ1) is 9.93. The van der Waals surface area contributed by atoms with Gasteiger partial charge in [-0.1, -0.05) is 23.7 Å². The zero-order chi connectivity index (χ0) is 10.8. The number of carbonyl (C=O) groups is 1. The Labute approximate surface area is 92.0 Å². The molecule has 76 valence electrons. The molecule has 0 N–H and O–H groups in total. The Balaban J connectivity index is 2.31. The Morgan fingerprint density at radius 1 is 1.33 bits per heavy atom. The summed E-state index contributed by atoms with van der Waals surface area (Å²) in [7, 11) is 0. The average molecular weight is 222 g/mol. The third-order valence-corrected chi connectivity index (χ3v) is 2.15. The molecule has 0 fully saturated rings. The van der Waals surface area contributed by atoms with Crippen LogP contribution in [0.3, 0.4) is 0 Å². The highest BCUT2D eigenvalue weighted by atomic mass is 35.5. The van der Waals surface area contributed by atoms with Crippen molar-refractivity contribution >= 4 is 29.5 Å². The number of nitrogens with zero attached hydrogens (tertiary/aromatic N) is 1. The van der Waals surface area contributed by atoms with E-state index in [4.69, 9.17) is 16.3 Å². The standard InChI is InChI=1S/C11H8ClNO2/c1-7-13-10(11(14)15-7)6-8-2-4-9(12)5-3-8/h2-6H,1H3/b10-6+. The van der Waals surface area contributed by atoms with Crippen molar-refractivity contribution in [1.29, 1.82) is 0 Å². The van der Waals surface area contributed by atoms with Crippen molar-refractivity contribution in [3.05, 3.63) is 40.5 Å². The highest BCUT2D eigenvalue weighted by molar-refractivity contribution is 6.30. The molecule has 0 aromatic heterocycles. The fourth-order valence-electron chi connectivity index (χ4n) is 1.23. The molecule has 1 heterocycles. The lowest BCUT2D eigenvalue weighted by Gasteiger charge is -1.94. The summed E-state index contributed by atoms with van der Waals surface area (Å²) >= 11 is 5.74. The molecule has 0 amide bonds. The van der Waals surface area contributed by atoms with Crippen LogP contribution in [0.2, 0.25) is 5.02 Å². The molecule has 3 nitrogen and oxygen atoms in total. The van der Waals surface area contributed by atoms with E-state index in [1.807, 2.05) is 12.1 Å². The van der Waals surface area contributed by atoms with Gasteiger partial charge in [0.05, 0.1) is 0 Å². The lowest BCUT2D eigenvalue weighted by molar-refractivity contribution is -0.130. The van der Waals surface area contributed by atoms with Crippen molar-refractivity contribution in [1.82, 2.24) is 0 Å². The normalized spacial score (nSPS) is 17.9. The predicted octanol–water partition coefficient (Wildman–Crippen LogP) is 2.66. The third kappa shape index (κ3) is 2.25. The van der Waals surface area contributed by atoms with Crippen LogP contribution in [-0.2, 0) is 9.53 Å². The molecule has 0 bridgehead atoms. The zero-order valence-corrected chi connectivity index (χ0v) is 8.78. The van der Waals surface area contributed by atoms with Gasteiger partial charge < -0.3 is 4.74 Å². The summed E-state index contributed by atoms with van der Waals surface area (Å²) in [6.07, 6.45) is 1.66. The molecule has 0 spiro atoms. The predicted molar refractivity (Wildman–Crippen MR) is 58.6 cm³/mol. The van der Waals surface area contributed by atoms with Crippen molar-refractivity contribution in [3.8, 4) is 0 Å². The van der Waals surface area contributed by atoms with E-state index >= 15 is 0 Å². The summed E-state index contributed by atoms with van der Waals surface area (Å²) in [5, 5.41) is 0.658. The largest absolute Gasteiger partial charge is 0.407 e. The van der Waals surface area contributed by atoms with E-state index in [9.17, 15) is 4.79 Å². The molecule has 1 aliphatic rings. The summed E-state index contributed by atoms with van der Waals surface area (Å²) in [6.45, 7) is 1.64. The molecule has 15 heavy (non-hydrogen) atoms. The number of rotatable bonds is 1. The van der Waals surface area contributed by atoms with E-state index in [0.29, 0.717) is 16.6 Å². The summed E-state index contributed by atoms with van der Waals surface area (Å²) in [6, 6.07) is 7.13. The summed E-state index contributed by atoms with van der Waals surface area (Å²) in [5.74, 6) is -0.0392. The maximum Gasteiger partial charge on any atom is 0.363 e. The number of carbonyl (C=O) groups excluding carboxylic acids is 1. The number of ether oxygens (including phenoxy) is 1. The molecule has 0 atom stereocenters. The van der Waals surface area contributed by atoms with Crippen LogP contribution in [0.4, 0.5) is 0 Å². The number of hydrogen-bond acceptors (Lipinski definition) is 3. The maximum absolute atomic E-state index is 11.2. The minimum Gasteiger partial charge on any atom is -0.407 e. The second-order valence-corrected chi connectivity index (χ2v) is 3.54. The van der Waals surface area contributed by atoms with Gasteiger partial charge in [-0.3, -0.25) is 0 Å². The first-order chi connectivity index (χ1) is 7.15. The molecule has 1 aliphatic heterocycles. The van der Waals surface area contributed by atoms with Gasteiger partial charge in [-0.25, -0.2) is 9.79 Å². The molecular weight excluding hydrogens is 214 g/mol. The lowest BCUT2D eigenvalue weighted by Crippen LogP contribution is -1.99. The monoisotopic (exact) mass is 221 g/mol. The van der Waals surface area contributed by atoms with E-state index in [-0.39, 0.29) is 0 Å². The van der Waals surface area contributed by atoms with E-state index in [1.165, 1.54) is 0 Å². The number of cyclic esters (lactones) is 1. The molecule has 0 radical (unpaired) electrons. The van der Waals surface area contributed by atoms with Gasteiger partial charge in [0.2, 0.25) is 0 Å². The lowest BCUT2D eigenvalue weighted by atomic mass is 10.2. The van der Waals surface area contributed by atoms with Gasteiger partial charge >= 0.3 is 5.97 Å². The van der Waals surface area contributed by atoms with Gasteiger partial charge in [-0.05, 0) is 23.8 Å². The van der Waals surface area contributed by atoms with Gasteiger partial charge in [0.1, 0.15) is 0 Å². The molecule has 1 aromatic carbocycles. The summed E-state index contributed by atoms with van der Waals surface area (Å²) < 4.78 is 4.79. The second-order valence-electron chi connectivity index (χ2n) is 3.10. The van der Waals surface area contributed by atoms with Crippen LogP contribution in [-0.4, -0.2) is 11.9 Å². The fourth-order valence-corrected chi connectivity index (χ4v) is 1.36. The van der Waals surface area contributed by atoms with Gasteiger partial charge in [-0.15, -0.1) is 0 Å². The Morgan fingerprint density at radius 2 is 2.00 bits per heavy atom. The van der Waals surface area contributed by atoms with Crippen LogP contribution in [0.25, 0.3) is 6.08 Å². The van der Waals surface area contributed by atoms with Crippen molar-refractivity contribution in [2.24, 2.45) is 4.99 Å². The van der Waals surface area contributed by atoms with E-state index in [0.717, 1.165) is 5.56 Å². The Hall–Kier alpha value is -1.61. The van der Waals surface area contributed by atoms with Gasteiger partial charge in [-0.2, -0.15) is 0 Å². The van der Waals surface area contributed by atoms with Crippen LogP contribution in [0, 0.1) is 0 Å². The van der Waals surface area contributed by atoms with Crippen LogP contribution in [0.5, 0.6) is 0 Å². The van der Waals surface area contributed by atoms with Gasteiger partial charge in [0.25, 0.3) is 0 Å².